The maximum absolute atomic E-state index is 12.5. The third-order valence-electron chi connectivity index (χ3n) is 3.74. The normalized spacial score (nSPS) is 15.7. The van der Waals surface area contributed by atoms with Crippen LogP contribution in [0.2, 0.25) is 5.02 Å². The van der Waals surface area contributed by atoms with Gasteiger partial charge in [-0.15, -0.1) is 0 Å². The number of amides is 3. The summed E-state index contributed by atoms with van der Waals surface area (Å²) in [7, 11) is 0. The van der Waals surface area contributed by atoms with Crippen molar-refractivity contribution in [1.82, 2.24) is 10.6 Å². The van der Waals surface area contributed by atoms with E-state index >= 15 is 0 Å². The first-order valence-electron chi connectivity index (χ1n) is 7.78. The molecule has 4 N–H and O–H groups in total. The Labute approximate surface area is 141 Å². The molecule has 1 heterocycles. The van der Waals surface area contributed by atoms with E-state index in [2.05, 4.69) is 24.5 Å². The topological polar surface area (TPSA) is 87.5 Å². The lowest BCUT2D eigenvalue weighted by molar-refractivity contribution is 0.0934. The summed E-state index contributed by atoms with van der Waals surface area (Å²) in [6.07, 6.45) is 0.800. The summed E-state index contributed by atoms with van der Waals surface area (Å²) in [4.78, 5) is 25.8. The summed E-state index contributed by atoms with van der Waals surface area (Å²) in [6, 6.07) is 4.75. The van der Waals surface area contributed by atoms with Gasteiger partial charge in [0.25, 0.3) is 5.91 Å². The minimum atomic E-state index is -0.271. The van der Waals surface area contributed by atoms with Crippen molar-refractivity contribution in [2.24, 2.45) is 11.7 Å². The molecule has 2 rings (SSSR count). The van der Waals surface area contributed by atoms with Gasteiger partial charge in [0.2, 0.25) is 0 Å². The van der Waals surface area contributed by atoms with Crippen LogP contribution in [0.3, 0.4) is 0 Å². The molecule has 6 nitrogen and oxygen atoms in total. The van der Waals surface area contributed by atoms with E-state index in [1.54, 1.807) is 23.1 Å². The second kappa shape index (κ2) is 7.66. The van der Waals surface area contributed by atoms with Crippen molar-refractivity contribution in [3.63, 3.8) is 0 Å². The molecule has 7 heteroatoms. The van der Waals surface area contributed by atoms with Gasteiger partial charge in [-0.2, -0.15) is 0 Å². The first kappa shape index (κ1) is 17.6. The third-order valence-corrected chi connectivity index (χ3v) is 4.07. The predicted octanol–water partition coefficient (Wildman–Crippen LogP) is 1.97. The second-order valence-corrected chi connectivity index (χ2v) is 6.49. The molecular weight excluding hydrogens is 316 g/mol. The van der Waals surface area contributed by atoms with Gasteiger partial charge in [0.05, 0.1) is 10.6 Å². The van der Waals surface area contributed by atoms with Crippen LogP contribution in [0, 0.1) is 5.92 Å². The lowest BCUT2D eigenvalue weighted by atomic mass is 10.0. The summed E-state index contributed by atoms with van der Waals surface area (Å²) in [5.74, 6) is 0.159. The number of benzene rings is 1. The van der Waals surface area contributed by atoms with Crippen LogP contribution >= 0.6 is 11.6 Å². The highest BCUT2D eigenvalue weighted by atomic mass is 35.5. The molecule has 0 aromatic heterocycles. The Morgan fingerprint density at radius 2 is 2.22 bits per heavy atom. The Kier molecular flexibility index (Phi) is 5.85. The fourth-order valence-corrected chi connectivity index (χ4v) is 2.82. The maximum Gasteiger partial charge on any atom is 0.321 e. The Morgan fingerprint density at radius 1 is 1.48 bits per heavy atom. The first-order chi connectivity index (χ1) is 10.9. The summed E-state index contributed by atoms with van der Waals surface area (Å²) < 4.78 is 0. The van der Waals surface area contributed by atoms with E-state index in [-0.39, 0.29) is 18.0 Å². The van der Waals surface area contributed by atoms with E-state index in [4.69, 9.17) is 17.3 Å². The van der Waals surface area contributed by atoms with Gasteiger partial charge in [-0.05, 0) is 30.5 Å². The minimum Gasteiger partial charge on any atom is -0.348 e. The van der Waals surface area contributed by atoms with Gasteiger partial charge in [0.15, 0.2) is 0 Å². The highest BCUT2D eigenvalue weighted by Gasteiger charge is 2.23. The van der Waals surface area contributed by atoms with E-state index in [1.807, 2.05) is 0 Å². The molecule has 1 aliphatic heterocycles. The molecule has 0 bridgehead atoms. The van der Waals surface area contributed by atoms with Crippen LogP contribution < -0.4 is 21.3 Å². The molecule has 1 atom stereocenters. The van der Waals surface area contributed by atoms with Gasteiger partial charge < -0.3 is 16.4 Å². The van der Waals surface area contributed by atoms with E-state index in [1.165, 1.54) is 0 Å². The van der Waals surface area contributed by atoms with Crippen LogP contribution in [-0.4, -0.2) is 37.6 Å². The summed E-state index contributed by atoms with van der Waals surface area (Å²) in [5, 5.41) is 6.00. The van der Waals surface area contributed by atoms with Crippen LogP contribution in [0.1, 0.15) is 30.6 Å². The highest BCUT2D eigenvalue weighted by Crippen LogP contribution is 2.24. The zero-order valence-electron chi connectivity index (χ0n) is 13.4. The van der Waals surface area contributed by atoms with Gasteiger partial charge in [-0.25, -0.2) is 4.79 Å². The SMILES string of the molecule is CC(C)CC(CN)NC(=O)c1cc(N2CCNC2=O)ccc1Cl. The lowest BCUT2D eigenvalue weighted by Gasteiger charge is -2.20. The fraction of sp³-hybridized carbons (Fsp3) is 0.500. The number of nitrogens with two attached hydrogens (primary N) is 1. The van der Waals surface area contributed by atoms with Crippen LogP contribution in [0.25, 0.3) is 0 Å². The van der Waals surface area contributed by atoms with Crippen LogP contribution in [0.15, 0.2) is 18.2 Å². The first-order valence-corrected chi connectivity index (χ1v) is 8.16. The third kappa shape index (κ3) is 4.36. The van der Waals surface area contributed by atoms with Gasteiger partial charge in [0.1, 0.15) is 0 Å². The quantitative estimate of drug-likeness (QED) is 0.741. The standard InChI is InChI=1S/C16H23ClN4O2/c1-10(2)7-11(9-18)20-15(22)13-8-12(3-4-14(13)17)21-6-5-19-16(21)23/h3-4,8,10-11H,5-7,9,18H2,1-2H3,(H,19,23)(H,20,22). The van der Waals surface area contributed by atoms with Crippen LogP contribution in [0.4, 0.5) is 10.5 Å². The second-order valence-electron chi connectivity index (χ2n) is 6.08. The molecule has 0 spiro atoms. The van der Waals surface area contributed by atoms with Gasteiger partial charge in [-0.3, -0.25) is 9.69 Å². The molecule has 1 fully saturated rings. The molecule has 3 amide bonds. The van der Waals surface area contributed by atoms with E-state index in [9.17, 15) is 9.59 Å². The van der Waals surface area contributed by atoms with E-state index in [0.717, 1.165) is 6.42 Å². The summed E-state index contributed by atoms with van der Waals surface area (Å²) in [6.45, 7) is 5.69. The van der Waals surface area contributed by atoms with E-state index in [0.29, 0.717) is 41.8 Å². The van der Waals surface area contributed by atoms with Crippen molar-refractivity contribution in [2.45, 2.75) is 26.3 Å². The zero-order valence-corrected chi connectivity index (χ0v) is 14.2. The number of nitrogens with zero attached hydrogens (tertiary/aromatic N) is 1. The van der Waals surface area contributed by atoms with Crippen molar-refractivity contribution in [3.8, 4) is 0 Å². The highest BCUT2D eigenvalue weighted by molar-refractivity contribution is 6.34. The molecule has 1 saturated heterocycles. The van der Waals surface area contributed by atoms with Crippen LogP contribution in [-0.2, 0) is 0 Å². The average Bonchev–Trinajstić information content (AvgIpc) is 2.92. The number of hydrogen-bond donors (Lipinski definition) is 3. The molecule has 23 heavy (non-hydrogen) atoms. The Hall–Kier alpha value is -1.79. The smallest absolute Gasteiger partial charge is 0.321 e. The number of carbonyl (C=O) groups excluding carboxylic acids is 2. The molecule has 0 saturated carbocycles. The van der Waals surface area contributed by atoms with Gasteiger partial charge in [-0.1, -0.05) is 25.4 Å². The molecule has 0 aliphatic carbocycles. The number of urea groups is 1. The van der Waals surface area contributed by atoms with Gasteiger partial charge in [0, 0.05) is 31.4 Å². The number of carbonyl (C=O) groups is 2. The van der Waals surface area contributed by atoms with E-state index < -0.39 is 0 Å². The monoisotopic (exact) mass is 338 g/mol. The average molecular weight is 339 g/mol. The number of nitrogens with one attached hydrogen (secondary N) is 2. The lowest BCUT2D eigenvalue weighted by Crippen LogP contribution is -2.41. The molecule has 126 valence electrons. The Bertz CT molecular complexity index is 591. The molecule has 1 unspecified atom stereocenters. The minimum absolute atomic E-state index is 0.0997. The molecular formula is C16H23ClN4O2. The van der Waals surface area contributed by atoms with Crippen molar-refractivity contribution in [1.29, 1.82) is 0 Å². The largest absolute Gasteiger partial charge is 0.348 e. The number of anilines is 1. The number of rotatable bonds is 6. The number of halogens is 1. The maximum atomic E-state index is 12.5. The van der Waals surface area contributed by atoms with Crippen molar-refractivity contribution in [3.05, 3.63) is 28.8 Å². The molecule has 1 aromatic rings. The zero-order chi connectivity index (χ0) is 17.0. The van der Waals surface area contributed by atoms with Crippen molar-refractivity contribution in [2.75, 3.05) is 24.5 Å². The van der Waals surface area contributed by atoms with Gasteiger partial charge >= 0.3 is 6.03 Å². The molecule has 1 aromatic carbocycles. The molecule has 0 radical (unpaired) electrons. The summed E-state index contributed by atoms with van der Waals surface area (Å²) in [5.41, 5.74) is 6.73. The van der Waals surface area contributed by atoms with Crippen LogP contribution in [0.5, 0.6) is 0 Å². The number of hydrogen-bond acceptors (Lipinski definition) is 3. The Balaban J connectivity index is 2.17. The summed E-state index contributed by atoms with van der Waals surface area (Å²) >= 11 is 6.16. The fourth-order valence-electron chi connectivity index (χ4n) is 2.62. The Morgan fingerprint density at radius 3 is 2.78 bits per heavy atom. The predicted molar refractivity (Wildman–Crippen MR) is 92.0 cm³/mol. The molecule has 1 aliphatic rings. The van der Waals surface area contributed by atoms with Crippen molar-refractivity contribution < 1.29 is 9.59 Å². The van der Waals surface area contributed by atoms with Crippen molar-refractivity contribution >= 4 is 29.2 Å².